The molecule has 0 aliphatic rings. The Morgan fingerprint density at radius 3 is 2.38 bits per heavy atom. The lowest BCUT2D eigenvalue weighted by Gasteiger charge is -2.08. The third kappa shape index (κ3) is 3.66. The number of carbonyl (C=O) groups is 1. The summed E-state index contributed by atoms with van der Waals surface area (Å²) in [6.45, 7) is 0. The highest BCUT2D eigenvalue weighted by Gasteiger charge is 2.09. The van der Waals surface area contributed by atoms with Crippen LogP contribution in [-0.2, 0) is 0 Å². The second-order valence-corrected chi connectivity index (χ2v) is 4.05. The molecule has 0 aliphatic heterocycles. The van der Waals surface area contributed by atoms with Crippen LogP contribution in [0.15, 0.2) is 42.5 Å². The molecule has 2 aromatic carbocycles. The van der Waals surface area contributed by atoms with Gasteiger partial charge in [-0.1, -0.05) is 0 Å². The largest absolute Gasteiger partial charge is 0.508 e. The van der Waals surface area contributed by atoms with Crippen molar-refractivity contribution in [2.45, 2.75) is 0 Å². The fourth-order valence-electron chi connectivity index (χ4n) is 1.56. The molecule has 21 heavy (non-hydrogen) atoms. The van der Waals surface area contributed by atoms with E-state index in [1.807, 2.05) is 0 Å². The number of urea groups is 1. The topological polar surface area (TPSA) is 104 Å². The molecule has 0 saturated heterocycles. The van der Waals surface area contributed by atoms with Crippen LogP contribution in [0.25, 0.3) is 0 Å². The summed E-state index contributed by atoms with van der Waals surface area (Å²) in [6, 6.07) is 7.75. The average Bonchev–Trinajstić information content (AvgIpc) is 2.42. The lowest BCUT2D eigenvalue weighted by atomic mass is 10.3. The molecule has 2 aromatic rings. The number of carbonyl (C=O) groups excluding carboxylic acids is 1. The first-order valence-corrected chi connectivity index (χ1v) is 5.76. The first kappa shape index (κ1) is 14.3. The van der Waals surface area contributed by atoms with Gasteiger partial charge in [0.15, 0.2) is 0 Å². The number of nitro groups is 1. The SMILES string of the molecule is O=C(Nc1ccc([N+](=O)[O-])cc1)Nc1ccc(O)cc1F. The number of halogens is 1. The van der Waals surface area contributed by atoms with Crippen LogP contribution in [-0.4, -0.2) is 16.1 Å². The Morgan fingerprint density at radius 2 is 1.81 bits per heavy atom. The molecule has 0 heterocycles. The van der Waals surface area contributed by atoms with Crippen molar-refractivity contribution in [3.8, 4) is 5.75 Å². The number of nitro benzene ring substituents is 1. The minimum Gasteiger partial charge on any atom is -0.508 e. The first-order chi connectivity index (χ1) is 9.95. The fraction of sp³-hybridized carbons (Fsp3) is 0. The van der Waals surface area contributed by atoms with Crippen LogP contribution in [0.3, 0.4) is 0 Å². The minimum absolute atomic E-state index is 0.104. The number of phenolic OH excluding ortho intramolecular Hbond substituents is 1. The molecule has 8 heteroatoms. The van der Waals surface area contributed by atoms with E-state index in [-0.39, 0.29) is 17.1 Å². The zero-order chi connectivity index (χ0) is 15.4. The summed E-state index contributed by atoms with van der Waals surface area (Å²) >= 11 is 0. The molecule has 0 aromatic heterocycles. The van der Waals surface area contributed by atoms with E-state index in [4.69, 9.17) is 5.11 Å². The number of nitrogens with one attached hydrogen (secondary N) is 2. The Labute approximate surface area is 118 Å². The molecule has 0 aliphatic carbocycles. The highest BCUT2D eigenvalue weighted by Crippen LogP contribution is 2.20. The van der Waals surface area contributed by atoms with Gasteiger partial charge in [0.1, 0.15) is 11.6 Å². The molecule has 0 atom stereocenters. The number of amides is 2. The number of aromatic hydroxyl groups is 1. The zero-order valence-electron chi connectivity index (χ0n) is 10.5. The van der Waals surface area contributed by atoms with E-state index in [0.29, 0.717) is 5.69 Å². The molecule has 0 saturated carbocycles. The molecule has 0 spiro atoms. The van der Waals surface area contributed by atoms with E-state index in [9.17, 15) is 19.3 Å². The molecule has 2 amide bonds. The van der Waals surface area contributed by atoms with Crippen LogP contribution in [0.1, 0.15) is 0 Å². The molecule has 0 fully saturated rings. The van der Waals surface area contributed by atoms with Gasteiger partial charge in [0, 0.05) is 23.9 Å². The summed E-state index contributed by atoms with van der Waals surface area (Å²) in [5, 5.41) is 24.2. The number of benzene rings is 2. The lowest BCUT2D eigenvalue weighted by Crippen LogP contribution is -2.20. The summed E-state index contributed by atoms with van der Waals surface area (Å²) in [6.07, 6.45) is 0. The average molecular weight is 291 g/mol. The zero-order valence-corrected chi connectivity index (χ0v) is 10.5. The smallest absolute Gasteiger partial charge is 0.323 e. The number of anilines is 2. The monoisotopic (exact) mass is 291 g/mol. The van der Waals surface area contributed by atoms with Crippen LogP contribution >= 0.6 is 0 Å². The summed E-state index contributed by atoms with van der Waals surface area (Å²) in [5.41, 5.74) is 0.107. The number of phenols is 1. The van der Waals surface area contributed by atoms with E-state index in [1.165, 1.54) is 36.4 Å². The highest BCUT2D eigenvalue weighted by molar-refractivity contribution is 5.99. The van der Waals surface area contributed by atoms with Crippen molar-refractivity contribution >= 4 is 23.1 Å². The van der Waals surface area contributed by atoms with Gasteiger partial charge in [-0.25, -0.2) is 9.18 Å². The standard InChI is InChI=1S/C13H10FN3O4/c14-11-7-10(18)5-6-12(11)16-13(19)15-8-1-3-9(4-2-8)17(20)21/h1-7,18H,(H2,15,16,19). The van der Waals surface area contributed by atoms with Gasteiger partial charge in [0.2, 0.25) is 0 Å². The molecule has 3 N–H and O–H groups in total. The quantitative estimate of drug-likeness (QED) is 0.459. The van der Waals surface area contributed by atoms with Crippen molar-refractivity contribution in [2.24, 2.45) is 0 Å². The van der Waals surface area contributed by atoms with Crippen molar-refractivity contribution in [1.29, 1.82) is 0 Å². The molecule has 2 rings (SSSR count). The Bertz CT molecular complexity index is 688. The van der Waals surface area contributed by atoms with Gasteiger partial charge in [-0.15, -0.1) is 0 Å². The number of hydrogen-bond donors (Lipinski definition) is 3. The van der Waals surface area contributed by atoms with Gasteiger partial charge >= 0.3 is 6.03 Å². The maximum absolute atomic E-state index is 13.4. The number of nitrogens with zero attached hydrogens (tertiary/aromatic N) is 1. The third-order valence-electron chi connectivity index (χ3n) is 2.54. The van der Waals surface area contributed by atoms with Crippen LogP contribution in [0.2, 0.25) is 0 Å². The van der Waals surface area contributed by atoms with Gasteiger partial charge in [-0.3, -0.25) is 10.1 Å². The predicted octanol–water partition coefficient (Wildman–Crippen LogP) is 3.08. The van der Waals surface area contributed by atoms with Gasteiger partial charge in [0.25, 0.3) is 5.69 Å². The number of hydrogen-bond acceptors (Lipinski definition) is 4. The minimum atomic E-state index is -0.783. The van der Waals surface area contributed by atoms with Gasteiger partial charge in [0.05, 0.1) is 10.6 Å². The fourth-order valence-corrected chi connectivity index (χ4v) is 1.56. The van der Waals surface area contributed by atoms with Crippen molar-refractivity contribution < 1.29 is 19.2 Å². The molecule has 0 bridgehead atoms. The van der Waals surface area contributed by atoms with Crippen molar-refractivity contribution in [3.05, 3.63) is 58.4 Å². The Kier molecular flexibility index (Phi) is 3.98. The van der Waals surface area contributed by atoms with E-state index in [2.05, 4.69) is 10.6 Å². The maximum atomic E-state index is 13.4. The summed E-state index contributed by atoms with van der Waals surface area (Å²) in [4.78, 5) is 21.6. The van der Waals surface area contributed by atoms with Crippen LogP contribution in [0, 0.1) is 15.9 Å². The lowest BCUT2D eigenvalue weighted by molar-refractivity contribution is -0.384. The van der Waals surface area contributed by atoms with Crippen molar-refractivity contribution in [3.63, 3.8) is 0 Å². The molecular formula is C13H10FN3O4. The van der Waals surface area contributed by atoms with Crippen LogP contribution < -0.4 is 10.6 Å². The summed E-state index contributed by atoms with van der Waals surface area (Å²) in [5.74, 6) is -1.04. The Balaban J connectivity index is 2.02. The summed E-state index contributed by atoms with van der Waals surface area (Å²) in [7, 11) is 0. The molecule has 108 valence electrons. The van der Waals surface area contributed by atoms with E-state index in [1.54, 1.807) is 0 Å². The van der Waals surface area contributed by atoms with Crippen LogP contribution in [0.4, 0.5) is 26.2 Å². The molecule has 0 radical (unpaired) electrons. The van der Waals surface area contributed by atoms with E-state index < -0.39 is 16.8 Å². The van der Waals surface area contributed by atoms with E-state index >= 15 is 0 Å². The first-order valence-electron chi connectivity index (χ1n) is 5.76. The molecule has 7 nitrogen and oxygen atoms in total. The number of rotatable bonds is 3. The van der Waals surface area contributed by atoms with Crippen molar-refractivity contribution in [2.75, 3.05) is 10.6 Å². The number of non-ortho nitro benzene ring substituents is 1. The summed E-state index contributed by atoms with van der Waals surface area (Å²) < 4.78 is 13.4. The van der Waals surface area contributed by atoms with Gasteiger partial charge < -0.3 is 15.7 Å². The van der Waals surface area contributed by atoms with Gasteiger partial charge in [-0.2, -0.15) is 0 Å². The molecule has 0 unspecified atom stereocenters. The predicted molar refractivity (Wildman–Crippen MR) is 73.8 cm³/mol. The molecular weight excluding hydrogens is 281 g/mol. The van der Waals surface area contributed by atoms with Crippen LogP contribution in [0.5, 0.6) is 5.75 Å². The van der Waals surface area contributed by atoms with Gasteiger partial charge in [-0.05, 0) is 24.3 Å². The second-order valence-electron chi connectivity index (χ2n) is 4.05. The van der Waals surface area contributed by atoms with Crippen molar-refractivity contribution in [1.82, 2.24) is 0 Å². The third-order valence-corrected chi connectivity index (χ3v) is 2.54. The Hall–Kier alpha value is -3.16. The normalized spacial score (nSPS) is 9.95. The second kappa shape index (κ2) is 5.87. The Morgan fingerprint density at radius 1 is 1.14 bits per heavy atom. The van der Waals surface area contributed by atoms with E-state index in [0.717, 1.165) is 6.07 Å². The highest BCUT2D eigenvalue weighted by atomic mass is 19.1. The maximum Gasteiger partial charge on any atom is 0.323 e.